The molecule has 0 aliphatic rings. The van der Waals surface area contributed by atoms with Crippen LogP contribution in [0.15, 0.2) is 66.7 Å². The first-order valence-electron chi connectivity index (χ1n) is 12.4. The molecule has 4 rings (SSSR count). The molecule has 10 heteroatoms. The molecule has 39 heavy (non-hydrogen) atoms. The van der Waals surface area contributed by atoms with Crippen molar-refractivity contribution in [2.75, 3.05) is 29.6 Å². The lowest BCUT2D eigenvalue weighted by atomic mass is 9.86. The highest BCUT2D eigenvalue weighted by atomic mass is 16.5. The van der Waals surface area contributed by atoms with E-state index in [2.05, 4.69) is 46.4 Å². The molecule has 1 amide bonds. The second-order valence-electron chi connectivity index (χ2n) is 9.83. The number of aromatic nitrogens is 3. The van der Waals surface area contributed by atoms with Gasteiger partial charge in [0.15, 0.2) is 5.82 Å². The smallest absolute Gasteiger partial charge is 0.255 e. The molecular weight excluding hydrogens is 496 g/mol. The van der Waals surface area contributed by atoms with Crippen LogP contribution in [0.4, 0.5) is 23.3 Å². The zero-order valence-electron chi connectivity index (χ0n) is 22.1. The topological polar surface area (TPSA) is 156 Å². The number of anilines is 4. The summed E-state index contributed by atoms with van der Waals surface area (Å²) < 4.78 is 5.37. The van der Waals surface area contributed by atoms with Crippen LogP contribution in [0, 0.1) is 0 Å². The number of hydrogen-bond acceptors (Lipinski definition) is 9. The van der Waals surface area contributed by atoms with Crippen molar-refractivity contribution >= 4 is 29.2 Å². The van der Waals surface area contributed by atoms with Crippen molar-refractivity contribution in [3.8, 4) is 17.1 Å². The molecular formula is C29H32N6O4. The number of aliphatic hydroxyl groups excluding tert-OH is 2. The number of nitrogens with two attached hydrogens (primary N) is 1. The first-order valence-corrected chi connectivity index (χ1v) is 12.4. The van der Waals surface area contributed by atoms with E-state index in [4.69, 9.17) is 15.6 Å². The van der Waals surface area contributed by atoms with Gasteiger partial charge >= 0.3 is 0 Å². The summed E-state index contributed by atoms with van der Waals surface area (Å²) in [6.45, 7) is 6.11. The summed E-state index contributed by atoms with van der Waals surface area (Å²) in [5.41, 5.74) is 9.65. The molecule has 0 bridgehead atoms. The van der Waals surface area contributed by atoms with Crippen LogP contribution < -0.4 is 21.1 Å². The Balaban J connectivity index is 1.57. The molecule has 0 spiro atoms. The molecule has 1 aromatic heterocycles. The van der Waals surface area contributed by atoms with E-state index in [1.165, 1.54) is 0 Å². The molecule has 202 valence electrons. The Hall–Kier alpha value is -4.54. The predicted molar refractivity (Wildman–Crippen MR) is 151 cm³/mol. The molecule has 1 heterocycles. The van der Waals surface area contributed by atoms with Gasteiger partial charge in [0, 0.05) is 28.1 Å². The average Bonchev–Trinajstić information content (AvgIpc) is 2.92. The number of rotatable bonds is 9. The maximum atomic E-state index is 13.0. The van der Waals surface area contributed by atoms with Crippen molar-refractivity contribution in [1.82, 2.24) is 15.0 Å². The van der Waals surface area contributed by atoms with Crippen molar-refractivity contribution in [3.63, 3.8) is 0 Å². The fourth-order valence-corrected chi connectivity index (χ4v) is 3.90. The normalized spacial score (nSPS) is 11.2. The second kappa shape index (κ2) is 11.9. The van der Waals surface area contributed by atoms with Crippen LogP contribution >= 0.6 is 0 Å². The average molecular weight is 529 g/mol. The van der Waals surface area contributed by atoms with Gasteiger partial charge in [-0.2, -0.15) is 15.0 Å². The van der Waals surface area contributed by atoms with E-state index in [-0.39, 0.29) is 48.9 Å². The van der Waals surface area contributed by atoms with Crippen molar-refractivity contribution in [3.05, 3.63) is 83.4 Å². The molecule has 0 fully saturated rings. The third kappa shape index (κ3) is 6.86. The highest BCUT2D eigenvalue weighted by molar-refractivity contribution is 6.05. The molecule has 0 radical (unpaired) electrons. The Bertz CT molecular complexity index is 1430. The minimum Gasteiger partial charge on any atom is -0.491 e. The number of aliphatic hydroxyl groups is 2. The van der Waals surface area contributed by atoms with E-state index in [0.717, 1.165) is 5.56 Å². The highest BCUT2D eigenvalue weighted by Crippen LogP contribution is 2.29. The number of nitrogens with one attached hydrogen (secondary N) is 2. The molecule has 10 nitrogen and oxygen atoms in total. The van der Waals surface area contributed by atoms with Gasteiger partial charge < -0.3 is 31.3 Å². The van der Waals surface area contributed by atoms with Crippen LogP contribution in [-0.4, -0.2) is 44.3 Å². The SMILES string of the molecule is CC(C)(C)c1ccc(C(=O)Nc2cccc(-c3nc(N)nc(Nc4ccc(OCCO)cc4)n3)c2CO)cc1. The molecule has 6 N–H and O–H groups in total. The van der Waals surface area contributed by atoms with Gasteiger partial charge in [-0.05, 0) is 53.4 Å². The van der Waals surface area contributed by atoms with E-state index in [1.807, 2.05) is 12.1 Å². The lowest BCUT2D eigenvalue weighted by molar-refractivity contribution is 0.102. The Kier molecular flexibility index (Phi) is 8.38. The number of carbonyl (C=O) groups is 1. The van der Waals surface area contributed by atoms with Crippen LogP contribution in [0.3, 0.4) is 0 Å². The van der Waals surface area contributed by atoms with E-state index in [0.29, 0.717) is 33.8 Å². The molecule has 3 aromatic carbocycles. The zero-order valence-corrected chi connectivity index (χ0v) is 22.1. The summed E-state index contributed by atoms with van der Waals surface area (Å²) in [6, 6.07) is 19.7. The van der Waals surface area contributed by atoms with E-state index in [1.54, 1.807) is 54.6 Å². The van der Waals surface area contributed by atoms with Gasteiger partial charge in [0.2, 0.25) is 11.9 Å². The molecule has 0 saturated carbocycles. The Labute approximate surface area is 226 Å². The molecule has 0 aliphatic heterocycles. The molecule has 0 saturated heterocycles. The minimum absolute atomic E-state index is 0.0114. The van der Waals surface area contributed by atoms with Crippen LogP contribution in [0.25, 0.3) is 11.4 Å². The van der Waals surface area contributed by atoms with Gasteiger partial charge in [0.1, 0.15) is 12.4 Å². The van der Waals surface area contributed by atoms with Crippen LogP contribution in [-0.2, 0) is 12.0 Å². The van der Waals surface area contributed by atoms with Gasteiger partial charge in [-0.25, -0.2) is 0 Å². The predicted octanol–water partition coefficient (Wildman–Crippen LogP) is 4.28. The number of hydrogen-bond donors (Lipinski definition) is 5. The first kappa shape index (κ1) is 27.5. The summed E-state index contributed by atoms with van der Waals surface area (Å²) in [7, 11) is 0. The maximum absolute atomic E-state index is 13.0. The summed E-state index contributed by atoms with van der Waals surface area (Å²) in [5, 5.41) is 25.1. The first-order chi connectivity index (χ1) is 18.7. The van der Waals surface area contributed by atoms with Crippen molar-refractivity contribution in [2.24, 2.45) is 0 Å². The minimum atomic E-state index is -0.363. The van der Waals surface area contributed by atoms with Gasteiger partial charge in [-0.3, -0.25) is 4.79 Å². The Morgan fingerprint density at radius 1 is 0.949 bits per heavy atom. The highest BCUT2D eigenvalue weighted by Gasteiger charge is 2.18. The lowest BCUT2D eigenvalue weighted by Gasteiger charge is -2.19. The molecule has 4 aromatic rings. The standard InChI is InChI=1S/C29H32N6O4/c1-29(2,3)19-9-7-18(8-10-19)26(38)32-24-6-4-5-22(23(24)17-37)25-33-27(30)35-28(34-25)31-20-11-13-21(14-12-20)39-16-15-36/h4-14,36-37H,15-17H2,1-3H3,(H,32,38)(H3,30,31,33,34,35). The number of amides is 1. The van der Waals surface area contributed by atoms with Crippen molar-refractivity contribution in [2.45, 2.75) is 32.8 Å². The maximum Gasteiger partial charge on any atom is 0.255 e. The Morgan fingerprint density at radius 2 is 1.67 bits per heavy atom. The zero-order chi connectivity index (χ0) is 28.0. The number of carbonyl (C=O) groups excluding carboxylic acids is 1. The Morgan fingerprint density at radius 3 is 2.31 bits per heavy atom. The summed E-state index contributed by atoms with van der Waals surface area (Å²) in [6.07, 6.45) is 0. The molecule has 0 aliphatic carbocycles. The van der Waals surface area contributed by atoms with Gasteiger partial charge in [-0.15, -0.1) is 0 Å². The fraction of sp³-hybridized carbons (Fsp3) is 0.241. The lowest BCUT2D eigenvalue weighted by Crippen LogP contribution is -2.15. The van der Waals surface area contributed by atoms with Gasteiger partial charge in [-0.1, -0.05) is 45.0 Å². The van der Waals surface area contributed by atoms with Gasteiger partial charge in [0.25, 0.3) is 5.91 Å². The second-order valence-corrected chi connectivity index (χ2v) is 9.83. The fourth-order valence-electron chi connectivity index (χ4n) is 3.90. The summed E-state index contributed by atoms with van der Waals surface area (Å²) >= 11 is 0. The molecule has 0 unspecified atom stereocenters. The summed E-state index contributed by atoms with van der Waals surface area (Å²) in [4.78, 5) is 25.9. The molecule has 0 atom stereocenters. The van der Waals surface area contributed by atoms with Gasteiger partial charge in [0.05, 0.1) is 13.2 Å². The van der Waals surface area contributed by atoms with Crippen molar-refractivity contribution < 1.29 is 19.7 Å². The van der Waals surface area contributed by atoms with Crippen LogP contribution in [0.5, 0.6) is 5.75 Å². The number of nitrogen functional groups attached to an aromatic ring is 1. The number of ether oxygens (including phenoxy) is 1. The van der Waals surface area contributed by atoms with Crippen molar-refractivity contribution in [1.29, 1.82) is 0 Å². The third-order valence-corrected chi connectivity index (χ3v) is 5.96. The summed E-state index contributed by atoms with van der Waals surface area (Å²) in [5.74, 6) is 0.748. The quantitative estimate of drug-likeness (QED) is 0.214. The number of nitrogens with zero attached hydrogens (tertiary/aromatic N) is 3. The monoisotopic (exact) mass is 528 g/mol. The van der Waals surface area contributed by atoms with Crippen LogP contribution in [0.1, 0.15) is 42.3 Å². The van der Waals surface area contributed by atoms with E-state index < -0.39 is 0 Å². The number of benzene rings is 3. The van der Waals surface area contributed by atoms with E-state index in [9.17, 15) is 9.90 Å². The third-order valence-electron chi connectivity index (χ3n) is 5.96. The van der Waals surface area contributed by atoms with Crippen LogP contribution in [0.2, 0.25) is 0 Å². The largest absolute Gasteiger partial charge is 0.491 e. The van der Waals surface area contributed by atoms with E-state index >= 15 is 0 Å².